The second-order valence-electron chi connectivity index (χ2n) is 6.65. The Morgan fingerprint density at radius 3 is 2.29 bits per heavy atom. The van der Waals surface area contributed by atoms with Crippen LogP contribution < -0.4 is 5.32 Å². The molecule has 0 aromatic rings. The largest absolute Gasteiger partial charge is 0.309 e. The summed E-state index contributed by atoms with van der Waals surface area (Å²) in [5, 5.41) is 3.61. The first-order valence-electron chi connectivity index (χ1n) is 6.82. The van der Waals surface area contributed by atoms with Crippen LogP contribution in [0.1, 0.15) is 46.5 Å². The van der Waals surface area contributed by atoms with Gasteiger partial charge in [0, 0.05) is 37.5 Å². The lowest BCUT2D eigenvalue weighted by Crippen LogP contribution is -2.50. The van der Waals surface area contributed by atoms with Crippen molar-refractivity contribution in [2.24, 2.45) is 0 Å². The molecule has 0 spiro atoms. The van der Waals surface area contributed by atoms with Gasteiger partial charge in [0.15, 0.2) is 0 Å². The van der Waals surface area contributed by atoms with E-state index < -0.39 is 0 Å². The second-order valence-corrected chi connectivity index (χ2v) is 6.65. The van der Waals surface area contributed by atoms with Crippen LogP contribution in [0.5, 0.6) is 0 Å². The number of piperidine rings is 1. The number of hydrogen-bond acceptors (Lipinski definition) is 2. The molecule has 0 aromatic heterocycles. The third-order valence-corrected chi connectivity index (χ3v) is 4.23. The van der Waals surface area contributed by atoms with E-state index in [1.165, 1.54) is 25.9 Å². The molecule has 0 amide bonds. The Morgan fingerprint density at radius 2 is 1.88 bits per heavy atom. The van der Waals surface area contributed by atoms with Crippen LogP contribution in [0.25, 0.3) is 4.85 Å². The van der Waals surface area contributed by atoms with E-state index in [1.807, 2.05) is 0 Å². The van der Waals surface area contributed by atoms with E-state index >= 15 is 0 Å². The molecule has 1 N–H and O–H groups in total. The molecule has 1 saturated heterocycles. The van der Waals surface area contributed by atoms with E-state index in [4.69, 9.17) is 6.57 Å². The summed E-state index contributed by atoms with van der Waals surface area (Å²) in [5.41, 5.74) is 0.292. The van der Waals surface area contributed by atoms with Gasteiger partial charge < -0.3 is 10.2 Å². The van der Waals surface area contributed by atoms with E-state index in [9.17, 15) is 0 Å². The van der Waals surface area contributed by atoms with Crippen LogP contribution in [-0.4, -0.2) is 41.7 Å². The maximum atomic E-state index is 7.18. The van der Waals surface area contributed by atoms with Crippen molar-refractivity contribution in [3.63, 3.8) is 0 Å². The fraction of sp³-hybridized carbons (Fsp3) is 0.929. The van der Waals surface area contributed by atoms with Crippen molar-refractivity contribution in [3.8, 4) is 0 Å². The first-order chi connectivity index (χ1) is 7.95. The lowest BCUT2D eigenvalue weighted by Gasteiger charge is -2.41. The van der Waals surface area contributed by atoms with Gasteiger partial charge in [-0.15, -0.1) is 0 Å². The monoisotopic (exact) mass is 235 g/mol. The average molecular weight is 235 g/mol. The Morgan fingerprint density at radius 1 is 1.29 bits per heavy atom. The van der Waals surface area contributed by atoms with Gasteiger partial charge in [0.2, 0.25) is 5.54 Å². The molecular formula is C14H25N3. The molecule has 96 valence electrons. The van der Waals surface area contributed by atoms with Gasteiger partial charge in [-0.3, -0.25) is 4.90 Å². The van der Waals surface area contributed by atoms with E-state index in [0.717, 1.165) is 19.4 Å². The predicted octanol–water partition coefficient (Wildman–Crippen LogP) is 2.29. The highest BCUT2D eigenvalue weighted by molar-refractivity contribution is 5.12. The van der Waals surface area contributed by atoms with Crippen molar-refractivity contribution in [2.75, 3.05) is 19.6 Å². The third kappa shape index (κ3) is 3.20. The van der Waals surface area contributed by atoms with Crippen LogP contribution in [0.15, 0.2) is 0 Å². The summed E-state index contributed by atoms with van der Waals surface area (Å²) < 4.78 is 0. The topological polar surface area (TPSA) is 19.6 Å². The van der Waals surface area contributed by atoms with Crippen molar-refractivity contribution in [2.45, 2.75) is 63.6 Å². The molecule has 2 fully saturated rings. The molecule has 17 heavy (non-hydrogen) atoms. The minimum Gasteiger partial charge on any atom is -0.309 e. The fourth-order valence-electron chi connectivity index (χ4n) is 2.56. The van der Waals surface area contributed by atoms with Gasteiger partial charge in [-0.05, 0) is 33.6 Å². The molecule has 0 radical (unpaired) electrons. The number of hydrogen-bond donors (Lipinski definition) is 1. The van der Waals surface area contributed by atoms with E-state index in [-0.39, 0.29) is 5.54 Å². The van der Waals surface area contributed by atoms with Crippen molar-refractivity contribution < 1.29 is 0 Å². The van der Waals surface area contributed by atoms with Crippen LogP contribution in [0.2, 0.25) is 0 Å². The van der Waals surface area contributed by atoms with Gasteiger partial charge in [0.25, 0.3) is 0 Å². The molecule has 0 atom stereocenters. The van der Waals surface area contributed by atoms with Gasteiger partial charge in [0.1, 0.15) is 0 Å². The van der Waals surface area contributed by atoms with Gasteiger partial charge in [-0.2, -0.15) is 0 Å². The van der Waals surface area contributed by atoms with Crippen LogP contribution in [-0.2, 0) is 0 Å². The normalized spacial score (nSPS) is 25.5. The molecule has 2 aliphatic rings. The number of nitrogens with one attached hydrogen (secondary N) is 1. The summed E-state index contributed by atoms with van der Waals surface area (Å²) in [6.07, 6.45) is 4.66. The molecule has 3 heteroatoms. The van der Waals surface area contributed by atoms with Gasteiger partial charge in [-0.1, -0.05) is 0 Å². The summed E-state index contributed by atoms with van der Waals surface area (Å²) in [6, 6.07) is 0.632. The SMILES string of the molecule is [C-]#[N+]C1(CNC2CCN(C(C)(C)C)CC2)CC1. The zero-order valence-electron chi connectivity index (χ0n) is 11.4. The Bertz CT molecular complexity index is 298. The molecule has 0 unspecified atom stereocenters. The maximum absolute atomic E-state index is 7.18. The zero-order valence-corrected chi connectivity index (χ0v) is 11.4. The number of likely N-dealkylation sites (tertiary alicyclic amines) is 1. The molecular weight excluding hydrogens is 210 g/mol. The van der Waals surface area contributed by atoms with Crippen LogP contribution in [0, 0.1) is 6.57 Å². The van der Waals surface area contributed by atoms with E-state index in [1.54, 1.807) is 0 Å². The van der Waals surface area contributed by atoms with Gasteiger partial charge in [0.05, 0.1) is 6.54 Å². The van der Waals surface area contributed by atoms with Gasteiger partial charge in [-0.25, -0.2) is 6.57 Å². The standard InChI is InChI=1S/C14H25N3/c1-13(2,3)17-9-5-12(6-10-17)16-11-14(15-4)7-8-14/h12,16H,5-11H2,1-3H3. The first-order valence-corrected chi connectivity index (χ1v) is 6.82. The van der Waals surface area contributed by atoms with E-state index in [2.05, 4.69) is 35.8 Å². The van der Waals surface area contributed by atoms with Crippen molar-refractivity contribution in [1.82, 2.24) is 10.2 Å². The average Bonchev–Trinajstić information content (AvgIpc) is 3.06. The van der Waals surface area contributed by atoms with Crippen LogP contribution >= 0.6 is 0 Å². The molecule has 0 aromatic carbocycles. The van der Waals surface area contributed by atoms with Crippen LogP contribution in [0.4, 0.5) is 0 Å². The Balaban J connectivity index is 1.71. The summed E-state index contributed by atoms with van der Waals surface area (Å²) >= 11 is 0. The quantitative estimate of drug-likeness (QED) is 0.757. The molecule has 1 saturated carbocycles. The Kier molecular flexibility index (Phi) is 3.47. The maximum Gasteiger partial charge on any atom is 0.245 e. The minimum atomic E-state index is -0.0127. The third-order valence-electron chi connectivity index (χ3n) is 4.23. The zero-order chi connectivity index (χ0) is 12.5. The molecule has 2 rings (SSSR count). The van der Waals surface area contributed by atoms with Gasteiger partial charge >= 0.3 is 0 Å². The highest BCUT2D eigenvalue weighted by Crippen LogP contribution is 2.39. The molecule has 1 aliphatic carbocycles. The number of nitrogens with zero attached hydrogens (tertiary/aromatic N) is 2. The Labute approximate surface area is 105 Å². The second kappa shape index (κ2) is 4.59. The van der Waals surface area contributed by atoms with Crippen molar-refractivity contribution >= 4 is 0 Å². The van der Waals surface area contributed by atoms with Crippen LogP contribution in [0.3, 0.4) is 0 Å². The molecule has 1 heterocycles. The highest BCUT2D eigenvalue weighted by Gasteiger charge is 2.50. The van der Waals surface area contributed by atoms with Crippen molar-refractivity contribution in [1.29, 1.82) is 0 Å². The highest BCUT2D eigenvalue weighted by atomic mass is 15.2. The first kappa shape index (κ1) is 12.9. The molecule has 1 aliphatic heterocycles. The minimum absolute atomic E-state index is 0.0127. The smallest absolute Gasteiger partial charge is 0.245 e. The summed E-state index contributed by atoms with van der Waals surface area (Å²) in [7, 11) is 0. The predicted molar refractivity (Wildman–Crippen MR) is 70.9 cm³/mol. The lowest BCUT2D eigenvalue weighted by atomic mass is 9.98. The lowest BCUT2D eigenvalue weighted by molar-refractivity contribution is 0.0961. The molecule has 0 bridgehead atoms. The number of rotatable bonds is 3. The van der Waals surface area contributed by atoms with E-state index in [0.29, 0.717) is 11.6 Å². The molecule has 3 nitrogen and oxygen atoms in total. The Hall–Kier alpha value is -0.590. The fourth-order valence-corrected chi connectivity index (χ4v) is 2.56. The summed E-state index contributed by atoms with van der Waals surface area (Å²) in [4.78, 5) is 6.31. The summed E-state index contributed by atoms with van der Waals surface area (Å²) in [5.74, 6) is 0. The summed E-state index contributed by atoms with van der Waals surface area (Å²) in [6.45, 7) is 17.3. The van der Waals surface area contributed by atoms with Crippen molar-refractivity contribution in [3.05, 3.63) is 11.4 Å².